The zero-order valence-corrected chi connectivity index (χ0v) is 22.2. The van der Waals surface area contributed by atoms with Crippen molar-refractivity contribution in [1.29, 1.82) is 0 Å². The van der Waals surface area contributed by atoms with E-state index >= 15 is 0 Å². The Morgan fingerprint density at radius 2 is 1.79 bits per heavy atom. The predicted octanol–water partition coefficient (Wildman–Crippen LogP) is 4.10. The van der Waals surface area contributed by atoms with E-state index in [9.17, 15) is 14.7 Å². The van der Waals surface area contributed by atoms with Crippen LogP contribution in [0.15, 0.2) is 60.7 Å². The summed E-state index contributed by atoms with van der Waals surface area (Å²) in [7, 11) is 0. The molecule has 8 nitrogen and oxygen atoms in total. The number of carbonyl (C=O) groups excluding carboxylic acids is 2. The molecule has 1 atom stereocenters. The van der Waals surface area contributed by atoms with Crippen LogP contribution in [0.25, 0.3) is 5.76 Å². The zero-order valence-electron chi connectivity index (χ0n) is 22.2. The van der Waals surface area contributed by atoms with E-state index in [1.807, 2.05) is 32.0 Å². The Morgan fingerprint density at radius 1 is 1.08 bits per heavy atom. The third-order valence-corrected chi connectivity index (χ3v) is 6.79. The molecule has 202 valence electrons. The molecule has 2 fully saturated rings. The lowest BCUT2D eigenvalue weighted by Crippen LogP contribution is -2.42. The molecular weight excluding hydrogens is 484 g/mol. The number of hydrogen-bond donors (Lipinski definition) is 1. The van der Waals surface area contributed by atoms with Crippen LogP contribution < -0.4 is 9.47 Å². The van der Waals surface area contributed by atoms with Crippen molar-refractivity contribution >= 4 is 17.4 Å². The van der Waals surface area contributed by atoms with Crippen molar-refractivity contribution in [2.24, 2.45) is 0 Å². The van der Waals surface area contributed by atoms with Crippen LogP contribution >= 0.6 is 0 Å². The van der Waals surface area contributed by atoms with Crippen molar-refractivity contribution in [1.82, 2.24) is 9.80 Å². The number of nitrogens with zero attached hydrogens (tertiary/aromatic N) is 2. The van der Waals surface area contributed by atoms with Gasteiger partial charge in [0.25, 0.3) is 11.7 Å². The van der Waals surface area contributed by atoms with Crippen molar-refractivity contribution in [3.8, 4) is 11.5 Å². The summed E-state index contributed by atoms with van der Waals surface area (Å²) in [4.78, 5) is 30.5. The minimum absolute atomic E-state index is 0.0852. The largest absolute Gasteiger partial charge is 0.507 e. The molecule has 1 amide bonds. The number of morpholine rings is 1. The van der Waals surface area contributed by atoms with Gasteiger partial charge in [-0.25, -0.2) is 0 Å². The van der Waals surface area contributed by atoms with Gasteiger partial charge in [-0.15, -0.1) is 0 Å². The van der Waals surface area contributed by atoms with Crippen molar-refractivity contribution in [3.05, 3.63) is 77.4 Å². The first-order valence-corrected chi connectivity index (χ1v) is 13.1. The molecule has 1 unspecified atom stereocenters. The van der Waals surface area contributed by atoms with Crippen LogP contribution in [0.5, 0.6) is 11.5 Å². The van der Waals surface area contributed by atoms with Gasteiger partial charge in [-0.2, -0.15) is 0 Å². The van der Waals surface area contributed by atoms with Crippen molar-refractivity contribution in [2.45, 2.75) is 26.3 Å². The highest BCUT2D eigenvalue weighted by molar-refractivity contribution is 6.46. The summed E-state index contributed by atoms with van der Waals surface area (Å²) in [6.07, 6.45) is 2.54. The van der Waals surface area contributed by atoms with Gasteiger partial charge in [-0.1, -0.05) is 31.7 Å². The number of rotatable bonds is 11. The second-order valence-corrected chi connectivity index (χ2v) is 9.44. The number of aliphatic hydroxyl groups excluding tert-OH is 1. The number of aryl methyl sites for hydroxylation is 1. The molecular formula is C30H36N2O6. The van der Waals surface area contributed by atoms with Crippen LogP contribution in [0.4, 0.5) is 0 Å². The summed E-state index contributed by atoms with van der Waals surface area (Å²) in [5.41, 5.74) is 2.06. The Kier molecular flexibility index (Phi) is 9.20. The molecule has 0 aliphatic carbocycles. The third kappa shape index (κ3) is 6.09. The highest BCUT2D eigenvalue weighted by atomic mass is 16.5. The van der Waals surface area contributed by atoms with E-state index in [1.54, 1.807) is 35.2 Å². The molecule has 0 radical (unpaired) electrons. The molecule has 1 N–H and O–H groups in total. The summed E-state index contributed by atoms with van der Waals surface area (Å²) in [5.74, 6) is -0.144. The van der Waals surface area contributed by atoms with E-state index < -0.39 is 17.7 Å². The van der Waals surface area contributed by atoms with Crippen molar-refractivity contribution in [3.63, 3.8) is 0 Å². The first kappa shape index (κ1) is 27.4. The van der Waals surface area contributed by atoms with Gasteiger partial charge in [0.15, 0.2) is 0 Å². The fraction of sp³-hybridized carbons (Fsp3) is 0.400. The van der Waals surface area contributed by atoms with Gasteiger partial charge in [0, 0.05) is 31.7 Å². The number of hydrogen-bond acceptors (Lipinski definition) is 7. The average Bonchev–Trinajstić information content (AvgIpc) is 3.19. The molecule has 2 aromatic rings. The molecule has 8 heteroatoms. The van der Waals surface area contributed by atoms with E-state index in [0.29, 0.717) is 56.6 Å². The Balaban J connectivity index is 1.71. The summed E-state index contributed by atoms with van der Waals surface area (Å²) in [6, 6.07) is 11.9. The Hall–Kier alpha value is -3.62. The fourth-order valence-corrected chi connectivity index (χ4v) is 4.79. The first-order chi connectivity index (χ1) is 18.4. The monoisotopic (exact) mass is 520 g/mol. The third-order valence-electron chi connectivity index (χ3n) is 6.79. The van der Waals surface area contributed by atoms with E-state index in [4.69, 9.17) is 14.2 Å². The molecule has 2 aliphatic heterocycles. The van der Waals surface area contributed by atoms with Gasteiger partial charge in [0.05, 0.1) is 31.4 Å². The van der Waals surface area contributed by atoms with E-state index in [1.165, 1.54) is 0 Å². The lowest BCUT2D eigenvalue weighted by Gasteiger charge is -2.31. The lowest BCUT2D eigenvalue weighted by atomic mass is 9.94. The number of likely N-dealkylation sites (tertiary alicyclic amines) is 1. The fourth-order valence-electron chi connectivity index (χ4n) is 4.79. The summed E-state index contributed by atoms with van der Waals surface area (Å²) >= 11 is 0. The molecule has 2 aliphatic rings. The molecule has 0 bridgehead atoms. The van der Waals surface area contributed by atoms with Crippen molar-refractivity contribution in [2.75, 3.05) is 52.6 Å². The minimum Gasteiger partial charge on any atom is -0.507 e. The SMILES string of the molecule is C=CCOc1ccc(C2/C(=C(/O)c3ccc(OCCC)cc3C)C(=O)C(=O)N2CCN2CCOCC2)cc1. The topological polar surface area (TPSA) is 88.5 Å². The maximum absolute atomic E-state index is 13.4. The van der Waals surface area contributed by atoms with Crippen LogP contribution in [-0.4, -0.2) is 79.2 Å². The number of amides is 1. The van der Waals surface area contributed by atoms with E-state index in [0.717, 1.165) is 30.6 Å². The summed E-state index contributed by atoms with van der Waals surface area (Å²) < 4.78 is 16.8. The van der Waals surface area contributed by atoms with Gasteiger partial charge in [-0.05, 0) is 54.8 Å². The molecule has 2 aromatic carbocycles. The number of benzene rings is 2. The number of aliphatic hydroxyl groups is 1. The van der Waals surface area contributed by atoms with Gasteiger partial charge in [-0.3, -0.25) is 14.5 Å². The van der Waals surface area contributed by atoms with Crippen LogP contribution in [-0.2, 0) is 14.3 Å². The molecule has 38 heavy (non-hydrogen) atoms. The van der Waals surface area contributed by atoms with Crippen LogP contribution in [0, 0.1) is 6.92 Å². The number of ketones is 1. The predicted molar refractivity (Wildman–Crippen MR) is 145 cm³/mol. The Morgan fingerprint density at radius 3 is 2.45 bits per heavy atom. The number of Topliss-reactive ketones (excluding diaryl/α,β-unsaturated/α-hetero) is 1. The molecule has 4 rings (SSSR count). The second kappa shape index (κ2) is 12.8. The molecule has 0 saturated carbocycles. The van der Waals surface area contributed by atoms with Gasteiger partial charge < -0.3 is 24.2 Å². The van der Waals surface area contributed by atoms with E-state index in [-0.39, 0.29) is 11.3 Å². The van der Waals surface area contributed by atoms with Gasteiger partial charge in [0.2, 0.25) is 0 Å². The second-order valence-electron chi connectivity index (χ2n) is 9.44. The quantitative estimate of drug-likeness (QED) is 0.207. The van der Waals surface area contributed by atoms with Gasteiger partial charge >= 0.3 is 0 Å². The zero-order chi connectivity index (χ0) is 27.1. The molecule has 2 heterocycles. The normalized spacial score (nSPS) is 19.5. The number of carbonyl (C=O) groups is 2. The summed E-state index contributed by atoms with van der Waals surface area (Å²) in [5, 5.41) is 11.5. The highest BCUT2D eigenvalue weighted by Crippen LogP contribution is 2.40. The standard InChI is InChI=1S/C30H36N2O6/c1-4-16-37-23-8-6-22(7-9-23)27-26(28(33)25-11-10-24(20-21(25)3)38-17-5-2)29(34)30(35)32(27)13-12-31-14-18-36-19-15-31/h4,6-11,20,27,33H,1,5,12-19H2,2-3H3/b28-26-. The van der Waals surface area contributed by atoms with Gasteiger partial charge in [0.1, 0.15) is 23.9 Å². The maximum atomic E-state index is 13.4. The molecule has 0 spiro atoms. The minimum atomic E-state index is -0.722. The highest BCUT2D eigenvalue weighted by Gasteiger charge is 2.46. The van der Waals surface area contributed by atoms with Crippen molar-refractivity contribution < 1.29 is 28.9 Å². The van der Waals surface area contributed by atoms with Crippen LogP contribution in [0.1, 0.15) is 36.1 Å². The smallest absolute Gasteiger partial charge is 0.295 e. The Bertz CT molecular complexity index is 1180. The molecule has 0 aromatic heterocycles. The van der Waals surface area contributed by atoms with E-state index in [2.05, 4.69) is 11.5 Å². The first-order valence-electron chi connectivity index (χ1n) is 13.1. The summed E-state index contributed by atoms with van der Waals surface area (Å²) in [6.45, 7) is 12.3. The van der Waals surface area contributed by atoms with Crippen LogP contribution in [0.2, 0.25) is 0 Å². The molecule has 2 saturated heterocycles. The number of ether oxygens (including phenoxy) is 3. The maximum Gasteiger partial charge on any atom is 0.295 e. The average molecular weight is 521 g/mol. The van der Waals surface area contributed by atoms with Crippen LogP contribution in [0.3, 0.4) is 0 Å². The lowest BCUT2D eigenvalue weighted by molar-refractivity contribution is -0.140. The Labute approximate surface area is 224 Å².